The maximum Gasteiger partial charge on any atom is 0.247 e. The van der Waals surface area contributed by atoms with E-state index < -0.39 is 6.04 Å². The van der Waals surface area contributed by atoms with E-state index in [-0.39, 0.29) is 11.8 Å². The number of hydrogen-bond donors (Lipinski definition) is 2. The highest BCUT2D eigenvalue weighted by molar-refractivity contribution is 8.00. The topological polar surface area (TPSA) is 58.2 Å². The van der Waals surface area contributed by atoms with Crippen molar-refractivity contribution in [2.45, 2.75) is 6.04 Å². The minimum atomic E-state index is -0.525. The molecule has 1 aromatic rings. The van der Waals surface area contributed by atoms with Crippen molar-refractivity contribution in [3.63, 3.8) is 0 Å². The number of nitrogens with one attached hydrogen (secondary N) is 2. The molecule has 7 heteroatoms. The molecule has 1 heterocycles. The molecule has 0 radical (unpaired) electrons. The van der Waals surface area contributed by atoms with Gasteiger partial charge in [0.2, 0.25) is 11.8 Å². The summed E-state index contributed by atoms with van der Waals surface area (Å²) >= 11 is 13.1. The minimum absolute atomic E-state index is 0.131. The number of carbonyl (C=O) groups excluding carboxylic acids is 2. The van der Waals surface area contributed by atoms with Crippen molar-refractivity contribution in [2.24, 2.45) is 0 Å². The quantitative estimate of drug-likeness (QED) is 0.880. The molecule has 1 unspecified atom stereocenters. The van der Waals surface area contributed by atoms with Gasteiger partial charge in [0.05, 0.1) is 16.5 Å². The standard InChI is InChI=1S/C11H10Cl2N2O2S/c12-6-1-2-8(7(13)3-6)15-11(17)9-4-18-5-10(16)14-9/h1-3,9H,4-5H2,(H,14,16)(H,15,17). The van der Waals surface area contributed by atoms with E-state index in [9.17, 15) is 9.59 Å². The molecule has 1 aliphatic heterocycles. The average molecular weight is 305 g/mol. The molecule has 0 aliphatic carbocycles. The molecule has 2 rings (SSSR count). The Balaban J connectivity index is 2.04. The SMILES string of the molecule is O=C1CSCC(C(=O)Nc2ccc(Cl)cc2Cl)N1. The summed E-state index contributed by atoms with van der Waals surface area (Å²) in [4.78, 5) is 23.1. The van der Waals surface area contributed by atoms with Gasteiger partial charge < -0.3 is 10.6 Å². The van der Waals surface area contributed by atoms with Gasteiger partial charge in [-0.15, -0.1) is 11.8 Å². The van der Waals surface area contributed by atoms with E-state index in [4.69, 9.17) is 23.2 Å². The molecule has 1 saturated heterocycles. The van der Waals surface area contributed by atoms with Crippen LogP contribution in [0.5, 0.6) is 0 Å². The maximum atomic E-state index is 11.9. The Morgan fingerprint density at radius 3 is 2.89 bits per heavy atom. The van der Waals surface area contributed by atoms with Gasteiger partial charge in [0, 0.05) is 10.8 Å². The van der Waals surface area contributed by atoms with Gasteiger partial charge in [-0.3, -0.25) is 9.59 Å². The highest BCUT2D eigenvalue weighted by Crippen LogP contribution is 2.25. The third-order valence-corrected chi connectivity index (χ3v) is 3.94. The summed E-state index contributed by atoms with van der Waals surface area (Å²) in [6.45, 7) is 0. The van der Waals surface area contributed by atoms with Crippen LogP contribution in [0.25, 0.3) is 0 Å². The van der Waals surface area contributed by atoms with Crippen LogP contribution in [-0.2, 0) is 9.59 Å². The molecule has 2 amide bonds. The van der Waals surface area contributed by atoms with Gasteiger partial charge >= 0.3 is 0 Å². The van der Waals surface area contributed by atoms with Crippen LogP contribution < -0.4 is 10.6 Å². The molecule has 0 aromatic heterocycles. The fraction of sp³-hybridized carbons (Fsp3) is 0.273. The predicted molar refractivity (Wildman–Crippen MR) is 74.3 cm³/mol. The van der Waals surface area contributed by atoms with Crippen LogP contribution in [-0.4, -0.2) is 29.4 Å². The summed E-state index contributed by atoms with van der Waals surface area (Å²) in [7, 11) is 0. The fourth-order valence-corrected chi connectivity index (χ4v) is 2.81. The zero-order chi connectivity index (χ0) is 13.1. The van der Waals surface area contributed by atoms with Gasteiger partial charge in [-0.2, -0.15) is 0 Å². The second-order valence-corrected chi connectivity index (χ2v) is 5.62. The Hall–Kier alpha value is -0.910. The lowest BCUT2D eigenvalue weighted by Crippen LogP contribution is -2.49. The number of benzene rings is 1. The third-order valence-electron chi connectivity index (χ3n) is 2.36. The normalized spacial score (nSPS) is 19.2. The summed E-state index contributed by atoms with van der Waals surface area (Å²) in [6.07, 6.45) is 0. The zero-order valence-corrected chi connectivity index (χ0v) is 11.5. The number of thioether (sulfide) groups is 1. The molecular weight excluding hydrogens is 295 g/mol. The smallest absolute Gasteiger partial charge is 0.247 e. The van der Waals surface area contributed by atoms with Crippen LogP contribution in [0.3, 0.4) is 0 Å². The van der Waals surface area contributed by atoms with Gasteiger partial charge in [0.1, 0.15) is 6.04 Å². The summed E-state index contributed by atoms with van der Waals surface area (Å²) in [5.74, 6) is 0.544. The Labute approximate surface area is 118 Å². The molecule has 96 valence electrons. The summed E-state index contributed by atoms with van der Waals surface area (Å²) in [6, 6.07) is 4.29. The lowest BCUT2D eigenvalue weighted by molar-refractivity contribution is -0.124. The van der Waals surface area contributed by atoms with Gasteiger partial charge in [-0.25, -0.2) is 0 Å². The van der Waals surface area contributed by atoms with Crippen molar-refractivity contribution in [3.8, 4) is 0 Å². The highest BCUT2D eigenvalue weighted by Gasteiger charge is 2.25. The number of rotatable bonds is 2. The fourth-order valence-electron chi connectivity index (χ4n) is 1.50. The van der Waals surface area contributed by atoms with E-state index in [0.717, 1.165) is 0 Å². The molecule has 1 atom stereocenters. The molecule has 0 bridgehead atoms. The molecule has 0 spiro atoms. The van der Waals surface area contributed by atoms with E-state index in [1.54, 1.807) is 18.2 Å². The summed E-state index contributed by atoms with van der Waals surface area (Å²) in [5.41, 5.74) is 0.482. The minimum Gasteiger partial charge on any atom is -0.343 e. The van der Waals surface area contributed by atoms with E-state index in [0.29, 0.717) is 27.2 Å². The van der Waals surface area contributed by atoms with Crippen molar-refractivity contribution in [1.29, 1.82) is 0 Å². The number of anilines is 1. The first-order chi connectivity index (χ1) is 8.56. The van der Waals surface area contributed by atoms with Crippen molar-refractivity contribution in [2.75, 3.05) is 16.8 Å². The highest BCUT2D eigenvalue weighted by atomic mass is 35.5. The average Bonchev–Trinajstić information content (AvgIpc) is 2.32. The van der Waals surface area contributed by atoms with Crippen LogP contribution in [0, 0.1) is 0 Å². The van der Waals surface area contributed by atoms with E-state index in [1.807, 2.05) is 0 Å². The van der Waals surface area contributed by atoms with Crippen molar-refractivity contribution >= 4 is 52.5 Å². The third kappa shape index (κ3) is 3.31. The van der Waals surface area contributed by atoms with Crippen LogP contribution in [0.2, 0.25) is 10.0 Å². The molecular formula is C11H10Cl2N2O2S. The Kier molecular flexibility index (Phi) is 4.37. The van der Waals surface area contributed by atoms with E-state index >= 15 is 0 Å². The zero-order valence-electron chi connectivity index (χ0n) is 9.20. The summed E-state index contributed by atoms with van der Waals surface area (Å²) in [5, 5.41) is 6.16. The predicted octanol–water partition coefficient (Wildman–Crippen LogP) is 2.16. The van der Waals surface area contributed by atoms with Gasteiger partial charge in [-0.05, 0) is 18.2 Å². The lowest BCUT2D eigenvalue weighted by atomic mass is 10.2. The molecule has 18 heavy (non-hydrogen) atoms. The first-order valence-electron chi connectivity index (χ1n) is 5.19. The number of halogens is 2. The largest absolute Gasteiger partial charge is 0.343 e. The second kappa shape index (κ2) is 5.82. The van der Waals surface area contributed by atoms with Crippen molar-refractivity contribution in [3.05, 3.63) is 28.2 Å². The first kappa shape index (κ1) is 13.5. The molecule has 2 N–H and O–H groups in total. The molecule has 1 aromatic carbocycles. The Morgan fingerprint density at radius 1 is 1.44 bits per heavy atom. The first-order valence-corrected chi connectivity index (χ1v) is 7.10. The van der Waals surface area contributed by atoms with E-state index in [2.05, 4.69) is 10.6 Å². The van der Waals surface area contributed by atoms with Crippen LogP contribution in [0.15, 0.2) is 18.2 Å². The second-order valence-electron chi connectivity index (χ2n) is 3.75. The van der Waals surface area contributed by atoms with Crippen LogP contribution >= 0.6 is 35.0 Å². The number of carbonyl (C=O) groups is 2. The van der Waals surface area contributed by atoms with E-state index in [1.165, 1.54) is 11.8 Å². The molecule has 1 fully saturated rings. The monoisotopic (exact) mass is 304 g/mol. The van der Waals surface area contributed by atoms with Crippen LogP contribution in [0.4, 0.5) is 5.69 Å². The summed E-state index contributed by atoms with van der Waals surface area (Å²) < 4.78 is 0. The van der Waals surface area contributed by atoms with Gasteiger partial charge in [-0.1, -0.05) is 23.2 Å². The lowest BCUT2D eigenvalue weighted by Gasteiger charge is -2.22. The van der Waals surface area contributed by atoms with Crippen LogP contribution in [0.1, 0.15) is 0 Å². The van der Waals surface area contributed by atoms with Crippen molar-refractivity contribution < 1.29 is 9.59 Å². The number of hydrogen-bond acceptors (Lipinski definition) is 3. The number of amides is 2. The Morgan fingerprint density at radius 2 is 2.22 bits per heavy atom. The molecule has 4 nitrogen and oxygen atoms in total. The van der Waals surface area contributed by atoms with Crippen molar-refractivity contribution in [1.82, 2.24) is 5.32 Å². The van der Waals surface area contributed by atoms with Gasteiger partial charge in [0.25, 0.3) is 0 Å². The molecule has 1 aliphatic rings. The maximum absolute atomic E-state index is 11.9. The molecule has 0 saturated carbocycles. The Bertz CT molecular complexity index is 496. The van der Waals surface area contributed by atoms with Gasteiger partial charge in [0.15, 0.2) is 0 Å².